The van der Waals surface area contributed by atoms with Gasteiger partial charge in [-0.1, -0.05) is 175 Å². The van der Waals surface area contributed by atoms with Gasteiger partial charge in [-0.05, 0) is 27.5 Å². The molecule has 0 amide bonds. The van der Waals surface area contributed by atoms with Gasteiger partial charge in [0.05, 0.1) is 24.8 Å². The molecule has 3 nitrogen and oxygen atoms in total. The molecule has 8 rings (SSSR count). The van der Waals surface area contributed by atoms with Gasteiger partial charge in [0.15, 0.2) is 0 Å². The predicted octanol–water partition coefficient (Wildman–Crippen LogP) is 12.3. The van der Waals surface area contributed by atoms with E-state index in [1.165, 1.54) is 16.7 Å². The quantitative estimate of drug-likeness (QED) is 0.112. The molecule has 0 aliphatic carbocycles. The first-order valence-electron chi connectivity index (χ1n) is 17.9. The van der Waals surface area contributed by atoms with Crippen LogP contribution in [-0.4, -0.2) is 19.8 Å². The highest BCUT2D eigenvalue weighted by Crippen LogP contribution is 2.53. The largest absolute Gasteiger partial charge is 0.492 e. The van der Waals surface area contributed by atoms with Crippen molar-refractivity contribution in [3.8, 4) is 28.4 Å². The van der Waals surface area contributed by atoms with Crippen LogP contribution in [0.1, 0.15) is 16.7 Å². The van der Waals surface area contributed by atoms with E-state index in [0.717, 1.165) is 74.2 Å². The molecule has 4 heteroatoms. The smallest absolute Gasteiger partial charge is 0.146 e. The first-order chi connectivity index (χ1) is 25.8. The summed E-state index contributed by atoms with van der Waals surface area (Å²) in [5.41, 5.74) is 5.50. The van der Waals surface area contributed by atoms with E-state index in [-0.39, 0.29) is 0 Å². The second kappa shape index (κ2) is 15.6. The summed E-state index contributed by atoms with van der Waals surface area (Å²) >= 11 is 7.66. The number of ether oxygens (including phenoxy) is 3. The van der Waals surface area contributed by atoms with Crippen LogP contribution in [0.4, 0.5) is 0 Å². The van der Waals surface area contributed by atoms with Crippen LogP contribution in [0, 0.1) is 0 Å². The summed E-state index contributed by atoms with van der Waals surface area (Å²) in [5, 5.41) is 6.54. The SMILES string of the molecule is Clc1c(-c2c3ccccc3c(OCCc3ccccc3)c3ccccc23)c(OCCc2ccccc2)c2ccccc2c1OCCc1ccccc1. The molecule has 0 saturated heterocycles. The van der Waals surface area contributed by atoms with Gasteiger partial charge >= 0.3 is 0 Å². The zero-order valence-corrected chi connectivity index (χ0v) is 29.7. The predicted molar refractivity (Wildman–Crippen MR) is 216 cm³/mol. The Morgan fingerprint density at radius 3 is 1.04 bits per heavy atom. The highest BCUT2D eigenvalue weighted by atomic mass is 35.5. The number of halogens is 1. The van der Waals surface area contributed by atoms with Crippen molar-refractivity contribution < 1.29 is 14.2 Å². The van der Waals surface area contributed by atoms with Gasteiger partial charge in [-0.25, -0.2) is 0 Å². The molecule has 0 bridgehead atoms. The van der Waals surface area contributed by atoms with Crippen molar-refractivity contribution in [3.63, 3.8) is 0 Å². The molecule has 0 atom stereocenters. The van der Waals surface area contributed by atoms with E-state index < -0.39 is 0 Å². The molecule has 0 N–H and O–H groups in total. The molecule has 0 fully saturated rings. The molecule has 8 aromatic rings. The number of hydrogen-bond donors (Lipinski definition) is 0. The molecule has 0 heterocycles. The summed E-state index contributed by atoms with van der Waals surface area (Å²) in [6.07, 6.45) is 2.33. The maximum Gasteiger partial charge on any atom is 0.146 e. The Morgan fingerprint density at radius 1 is 0.308 bits per heavy atom. The maximum atomic E-state index is 7.66. The molecule has 0 aliphatic heterocycles. The van der Waals surface area contributed by atoms with E-state index >= 15 is 0 Å². The summed E-state index contributed by atoms with van der Waals surface area (Å²) in [6.45, 7) is 1.53. The zero-order chi connectivity index (χ0) is 35.1. The molecular weight excluding hydrogens is 660 g/mol. The van der Waals surface area contributed by atoms with Gasteiger partial charge in [-0.2, -0.15) is 0 Å². The summed E-state index contributed by atoms with van der Waals surface area (Å²) in [7, 11) is 0. The average molecular weight is 699 g/mol. The molecule has 0 radical (unpaired) electrons. The lowest BCUT2D eigenvalue weighted by atomic mass is 9.89. The van der Waals surface area contributed by atoms with Crippen molar-refractivity contribution in [3.05, 3.63) is 186 Å². The Morgan fingerprint density at radius 2 is 0.615 bits per heavy atom. The van der Waals surface area contributed by atoms with Crippen LogP contribution in [0.25, 0.3) is 43.4 Å². The Bertz CT molecular complexity index is 2390. The van der Waals surface area contributed by atoms with Crippen LogP contribution >= 0.6 is 11.6 Å². The summed E-state index contributed by atoms with van der Waals surface area (Å²) in [4.78, 5) is 0. The van der Waals surface area contributed by atoms with E-state index in [0.29, 0.717) is 30.6 Å². The minimum absolute atomic E-state index is 0.483. The van der Waals surface area contributed by atoms with Gasteiger partial charge in [-0.3, -0.25) is 0 Å². The molecule has 0 aliphatic rings. The normalized spacial score (nSPS) is 11.2. The van der Waals surface area contributed by atoms with Crippen LogP contribution in [-0.2, 0) is 19.3 Å². The molecule has 0 spiro atoms. The molecular formula is C48H39ClO3. The van der Waals surface area contributed by atoms with Gasteiger partial charge in [0.2, 0.25) is 0 Å². The second-order valence-electron chi connectivity index (χ2n) is 12.9. The Hall–Kier alpha value is -5.77. The molecule has 0 aromatic heterocycles. The zero-order valence-electron chi connectivity index (χ0n) is 28.9. The highest BCUT2D eigenvalue weighted by Gasteiger charge is 2.26. The van der Waals surface area contributed by atoms with Gasteiger partial charge in [0, 0.05) is 51.9 Å². The fourth-order valence-corrected chi connectivity index (χ4v) is 7.46. The second-order valence-corrected chi connectivity index (χ2v) is 13.3. The molecule has 8 aromatic carbocycles. The maximum absolute atomic E-state index is 7.66. The average Bonchev–Trinajstić information content (AvgIpc) is 3.20. The summed E-state index contributed by atoms with van der Waals surface area (Å²) in [5.74, 6) is 2.28. The Labute approximate surface area is 310 Å². The van der Waals surface area contributed by atoms with Gasteiger partial charge in [-0.15, -0.1) is 0 Å². The lowest BCUT2D eigenvalue weighted by Gasteiger charge is -2.23. The standard InChI is InChI=1S/C48H39ClO3/c49-45-44(43-37-22-10-12-24-39(37)46(40-25-13-11-23-38(40)43)50-31-28-34-16-4-1-5-17-34)47(51-32-29-35-18-6-2-7-19-35)41-26-14-15-27-42(41)48(45)52-33-30-36-20-8-3-9-21-36/h1-27H,28-33H2. The first-order valence-corrected chi connectivity index (χ1v) is 18.3. The van der Waals surface area contributed by atoms with Gasteiger partial charge in [0.25, 0.3) is 0 Å². The monoisotopic (exact) mass is 698 g/mol. The third-order valence-electron chi connectivity index (χ3n) is 9.63. The lowest BCUT2D eigenvalue weighted by molar-refractivity contribution is 0.320. The number of rotatable bonds is 13. The molecule has 256 valence electrons. The van der Waals surface area contributed by atoms with Crippen LogP contribution < -0.4 is 14.2 Å². The van der Waals surface area contributed by atoms with Crippen molar-refractivity contribution >= 4 is 43.9 Å². The Kier molecular flexibility index (Phi) is 10.0. The van der Waals surface area contributed by atoms with Crippen molar-refractivity contribution in [1.29, 1.82) is 0 Å². The summed E-state index contributed by atoms with van der Waals surface area (Å²) in [6, 6.07) is 56.5. The van der Waals surface area contributed by atoms with Crippen LogP contribution in [0.15, 0.2) is 164 Å². The minimum atomic E-state index is 0.483. The first kappa shape index (κ1) is 33.4. The van der Waals surface area contributed by atoms with E-state index in [9.17, 15) is 0 Å². The van der Waals surface area contributed by atoms with Gasteiger partial charge < -0.3 is 14.2 Å². The number of hydrogen-bond acceptors (Lipinski definition) is 3. The van der Waals surface area contributed by atoms with E-state index in [4.69, 9.17) is 25.8 Å². The number of benzene rings is 8. The molecule has 52 heavy (non-hydrogen) atoms. The number of fused-ring (bicyclic) bond motifs is 3. The van der Waals surface area contributed by atoms with Crippen LogP contribution in [0.3, 0.4) is 0 Å². The van der Waals surface area contributed by atoms with E-state index in [2.05, 4.69) is 140 Å². The summed E-state index contributed by atoms with van der Waals surface area (Å²) < 4.78 is 20.3. The van der Waals surface area contributed by atoms with Crippen LogP contribution in [0.2, 0.25) is 5.02 Å². The van der Waals surface area contributed by atoms with Crippen molar-refractivity contribution in [1.82, 2.24) is 0 Å². The molecule has 0 unspecified atom stereocenters. The highest BCUT2D eigenvalue weighted by molar-refractivity contribution is 6.38. The van der Waals surface area contributed by atoms with Crippen molar-refractivity contribution in [2.24, 2.45) is 0 Å². The fourth-order valence-electron chi connectivity index (χ4n) is 7.12. The van der Waals surface area contributed by atoms with Crippen LogP contribution in [0.5, 0.6) is 17.2 Å². The van der Waals surface area contributed by atoms with Crippen molar-refractivity contribution in [2.45, 2.75) is 19.3 Å². The van der Waals surface area contributed by atoms with E-state index in [1.54, 1.807) is 0 Å². The lowest BCUT2D eigenvalue weighted by Crippen LogP contribution is -2.07. The Balaban J connectivity index is 1.30. The third-order valence-corrected chi connectivity index (χ3v) is 9.99. The minimum Gasteiger partial charge on any atom is -0.492 e. The van der Waals surface area contributed by atoms with E-state index in [1.807, 2.05) is 24.3 Å². The third kappa shape index (κ3) is 6.93. The molecule has 0 saturated carbocycles. The fraction of sp³-hybridized carbons (Fsp3) is 0.125. The van der Waals surface area contributed by atoms with Crippen molar-refractivity contribution in [2.75, 3.05) is 19.8 Å². The topological polar surface area (TPSA) is 27.7 Å². The van der Waals surface area contributed by atoms with Gasteiger partial charge in [0.1, 0.15) is 17.2 Å².